The number of carbonyl (C=O) groups excluding carboxylic acids is 1. The van der Waals surface area contributed by atoms with Crippen LogP contribution >= 0.6 is 0 Å². The number of nitrogens with zero attached hydrogens (tertiary/aromatic N) is 1. The molecular formula is C15H21NO2. The molecule has 0 aromatic carbocycles. The van der Waals surface area contributed by atoms with Gasteiger partial charge in [0.2, 0.25) is 0 Å². The summed E-state index contributed by atoms with van der Waals surface area (Å²) in [4.78, 5) is 11.8. The van der Waals surface area contributed by atoms with E-state index >= 15 is 0 Å². The van der Waals surface area contributed by atoms with E-state index in [9.17, 15) is 10.1 Å². The Labute approximate surface area is 109 Å². The first kappa shape index (κ1) is 13.1. The van der Waals surface area contributed by atoms with Crippen molar-refractivity contribution >= 4 is 5.97 Å². The SMILES string of the molecule is CCOC(=O)/C(C#N)=C1/C[C@@H]2C[C@H]1[C@H](C)C2(C)C. The fourth-order valence-corrected chi connectivity index (χ4v) is 3.65. The lowest BCUT2D eigenvalue weighted by atomic mass is 9.67. The minimum absolute atomic E-state index is 0.270. The first-order valence-electron chi connectivity index (χ1n) is 6.73. The molecule has 2 aliphatic rings. The van der Waals surface area contributed by atoms with Crippen molar-refractivity contribution in [3.8, 4) is 6.07 Å². The number of esters is 1. The Bertz CT molecular complexity index is 438. The Balaban J connectivity index is 2.32. The predicted molar refractivity (Wildman–Crippen MR) is 68.4 cm³/mol. The third-order valence-electron chi connectivity index (χ3n) is 5.19. The molecule has 3 nitrogen and oxygen atoms in total. The van der Waals surface area contributed by atoms with Crippen LogP contribution < -0.4 is 0 Å². The number of fused-ring (bicyclic) bond motifs is 2. The summed E-state index contributed by atoms with van der Waals surface area (Å²) in [7, 11) is 0. The van der Waals surface area contributed by atoms with E-state index in [2.05, 4.69) is 26.8 Å². The maximum atomic E-state index is 11.8. The van der Waals surface area contributed by atoms with Gasteiger partial charge in [0.05, 0.1) is 6.61 Å². The summed E-state index contributed by atoms with van der Waals surface area (Å²) in [6, 6.07) is 2.07. The molecule has 0 saturated heterocycles. The van der Waals surface area contributed by atoms with Crippen molar-refractivity contribution in [2.24, 2.45) is 23.2 Å². The van der Waals surface area contributed by atoms with Gasteiger partial charge in [-0.2, -0.15) is 5.26 Å². The van der Waals surface area contributed by atoms with E-state index in [0.717, 1.165) is 18.4 Å². The molecule has 98 valence electrons. The van der Waals surface area contributed by atoms with Gasteiger partial charge in [-0.05, 0) is 48.5 Å². The fourth-order valence-electron chi connectivity index (χ4n) is 3.65. The van der Waals surface area contributed by atoms with Crippen LogP contribution in [0.25, 0.3) is 0 Å². The average molecular weight is 247 g/mol. The zero-order chi connectivity index (χ0) is 13.5. The molecule has 0 aromatic heterocycles. The first-order chi connectivity index (χ1) is 8.43. The quantitative estimate of drug-likeness (QED) is 0.428. The molecule has 3 heteroatoms. The highest BCUT2D eigenvalue weighted by Gasteiger charge is 2.53. The minimum atomic E-state index is -0.437. The van der Waals surface area contributed by atoms with Crippen molar-refractivity contribution in [3.63, 3.8) is 0 Å². The summed E-state index contributed by atoms with van der Waals surface area (Å²) in [5, 5.41) is 9.22. The van der Waals surface area contributed by atoms with Gasteiger partial charge in [0.1, 0.15) is 11.6 Å². The van der Waals surface area contributed by atoms with Crippen LogP contribution in [0.15, 0.2) is 11.1 Å². The standard InChI is InChI=1S/C15H21NO2/c1-5-18-14(17)13(8-16)12-7-10-6-11(12)9(2)15(10,3)4/h9-11H,5-7H2,1-4H3/b13-12-/t9-,10-,11-/m0/s1. The fraction of sp³-hybridized carbons (Fsp3) is 0.733. The van der Waals surface area contributed by atoms with E-state index in [1.165, 1.54) is 0 Å². The highest BCUT2D eigenvalue weighted by Crippen LogP contribution is 2.61. The van der Waals surface area contributed by atoms with Crippen molar-refractivity contribution in [1.82, 2.24) is 0 Å². The second-order valence-electron chi connectivity index (χ2n) is 6.09. The highest BCUT2D eigenvalue weighted by molar-refractivity contribution is 5.94. The maximum Gasteiger partial charge on any atom is 0.348 e. The van der Waals surface area contributed by atoms with Gasteiger partial charge in [-0.1, -0.05) is 20.8 Å². The van der Waals surface area contributed by atoms with E-state index < -0.39 is 5.97 Å². The summed E-state index contributed by atoms with van der Waals surface area (Å²) in [6.45, 7) is 8.94. The summed E-state index contributed by atoms with van der Waals surface area (Å²) >= 11 is 0. The summed E-state index contributed by atoms with van der Waals surface area (Å²) in [5.74, 6) is 1.09. The first-order valence-corrected chi connectivity index (χ1v) is 6.73. The largest absolute Gasteiger partial charge is 0.462 e. The molecule has 0 aliphatic heterocycles. The molecule has 2 rings (SSSR count). The Kier molecular flexibility index (Phi) is 3.23. The van der Waals surface area contributed by atoms with Crippen LogP contribution in [0.2, 0.25) is 0 Å². The second-order valence-corrected chi connectivity index (χ2v) is 6.09. The number of ether oxygens (including phenoxy) is 1. The lowest BCUT2D eigenvalue weighted by molar-refractivity contribution is -0.138. The van der Waals surface area contributed by atoms with Crippen molar-refractivity contribution in [2.45, 2.75) is 40.5 Å². The lowest BCUT2D eigenvalue weighted by Gasteiger charge is -2.37. The molecule has 0 aromatic rings. The predicted octanol–water partition coefficient (Wildman–Crippen LogP) is 3.07. The second kappa shape index (κ2) is 4.42. The molecule has 0 radical (unpaired) electrons. The average Bonchev–Trinajstić information content (AvgIpc) is 2.81. The lowest BCUT2D eigenvalue weighted by Crippen LogP contribution is -2.30. The van der Waals surface area contributed by atoms with Gasteiger partial charge in [0.15, 0.2) is 0 Å². The van der Waals surface area contributed by atoms with Crippen LogP contribution in [0, 0.1) is 34.5 Å². The van der Waals surface area contributed by atoms with Gasteiger partial charge < -0.3 is 4.74 Å². The van der Waals surface area contributed by atoms with Crippen LogP contribution in [0.5, 0.6) is 0 Å². The van der Waals surface area contributed by atoms with Crippen LogP contribution in [-0.4, -0.2) is 12.6 Å². The van der Waals surface area contributed by atoms with Gasteiger partial charge in [0, 0.05) is 0 Å². The number of hydrogen-bond donors (Lipinski definition) is 0. The molecule has 2 aliphatic carbocycles. The molecular weight excluding hydrogens is 226 g/mol. The molecule has 2 fully saturated rings. The maximum absolute atomic E-state index is 11.8. The van der Waals surface area contributed by atoms with Crippen LogP contribution in [0.4, 0.5) is 0 Å². The third kappa shape index (κ3) is 1.75. The number of allylic oxidation sites excluding steroid dienone is 1. The Morgan fingerprint density at radius 1 is 1.56 bits per heavy atom. The van der Waals surface area contributed by atoms with Crippen LogP contribution in [0.3, 0.4) is 0 Å². The molecule has 0 unspecified atom stereocenters. The number of hydrogen-bond acceptors (Lipinski definition) is 3. The van der Waals surface area contributed by atoms with Crippen molar-refractivity contribution in [3.05, 3.63) is 11.1 Å². The number of nitriles is 1. The molecule has 0 spiro atoms. The highest BCUT2D eigenvalue weighted by atomic mass is 16.5. The molecule has 18 heavy (non-hydrogen) atoms. The van der Waals surface area contributed by atoms with Crippen molar-refractivity contribution in [2.75, 3.05) is 6.61 Å². The molecule has 0 amide bonds. The van der Waals surface area contributed by atoms with E-state index in [-0.39, 0.29) is 5.57 Å². The molecule has 0 heterocycles. The molecule has 3 atom stereocenters. The van der Waals surface area contributed by atoms with Crippen LogP contribution in [-0.2, 0) is 9.53 Å². The monoisotopic (exact) mass is 247 g/mol. The molecule has 2 saturated carbocycles. The van der Waals surface area contributed by atoms with E-state index in [4.69, 9.17) is 4.74 Å². The smallest absolute Gasteiger partial charge is 0.348 e. The van der Waals surface area contributed by atoms with Gasteiger partial charge in [0.25, 0.3) is 0 Å². The summed E-state index contributed by atoms with van der Waals surface area (Å²) in [6.07, 6.45) is 2.01. The van der Waals surface area contributed by atoms with E-state index in [0.29, 0.717) is 29.8 Å². The summed E-state index contributed by atoms with van der Waals surface area (Å²) < 4.78 is 4.98. The van der Waals surface area contributed by atoms with Crippen molar-refractivity contribution < 1.29 is 9.53 Å². The van der Waals surface area contributed by atoms with Crippen LogP contribution in [0.1, 0.15) is 40.5 Å². The van der Waals surface area contributed by atoms with Gasteiger partial charge in [-0.3, -0.25) is 0 Å². The zero-order valence-electron chi connectivity index (χ0n) is 11.6. The normalized spacial score (nSPS) is 35.2. The minimum Gasteiger partial charge on any atom is -0.462 e. The molecule has 2 bridgehead atoms. The zero-order valence-corrected chi connectivity index (χ0v) is 11.6. The number of rotatable bonds is 2. The Hall–Kier alpha value is -1.30. The van der Waals surface area contributed by atoms with E-state index in [1.54, 1.807) is 6.92 Å². The topological polar surface area (TPSA) is 50.1 Å². The number of carbonyl (C=O) groups is 1. The van der Waals surface area contributed by atoms with Gasteiger partial charge in [-0.15, -0.1) is 0 Å². The van der Waals surface area contributed by atoms with Gasteiger partial charge in [-0.25, -0.2) is 4.79 Å². The molecule has 0 N–H and O–H groups in total. The summed E-state index contributed by atoms with van der Waals surface area (Å²) in [5.41, 5.74) is 1.64. The van der Waals surface area contributed by atoms with E-state index in [1.807, 2.05) is 0 Å². The Morgan fingerprint density at radius 2 is 2.22 bits per heavy atom. The third-order valence-corrected chi connectivity index (χ3v) is 5.19. The van der Waals surface area contributed by atoms with Gasteiger partial charge >= 0.3 is 5.97 Å². The van der Waals surface area contributed by atoms with Crippen molar-refractivity contribution in [1.29, 1.82) is 5.26 Å². The Morgan fingerprint density at radius 3 is 2.67 bits per heavy atom.